The summed E-state index contributed by atoms with van der Waals surface area (Å²) in [5.74, 6) is -1.13. The van der Waals surface area contributed by atoms with Gasteiger partial charge < -0.3 is 4.74 Å². The number of carbonyl (C=O) groups excluding carboxylic acids is 3. The van der Waals surface area contributed by atoms with Gasteiger partial charge in [-0.25, -0.2) is 4.79 Å². The zero-order valence-electron chi connectivity index (χ0n) is 17.7. The van der Waals surface area contributed by atoms with E-state index >= 15 is 0 Å². The summed E-state index contributed by atoms with van der Waals surface area (Å²) in [7, 11) is 0. The van der Waals surface area contributed by atoms with Crippen molar-refractivity contribution in [1.82, 2.24) is 4.98 Å². The van der Waals surface area contributed by atoms with Crippen molar-refractivity contribution in [3.05, 3.63) is 101 Å². The van der Waals surface area contributed by atoms with Crippen molar-refractivity contribution in [2.24, 2.45) is 5.92 Å². The van der Waals surface area contributed by atoms with Crippen LogP contribution in [0.25, 0.3) is 0 Å². The smallest absolute Gasteiger partial charge is 0.339 e. The quantitative estimate of drug-likeness (QED) is 0.368. The standard InChI is InChI=1S/C26H25NO4/c1-18(13-15-31-26(30)23-12-7-14-27-17-23)24(28)19(2)21-10-6-11-22(16-21)25(29)20-8-4-3-5-9-20/h3-12,14,16-19H,13,15H2,1-2H3. The van der Waals surface area contributed by atoms with Crippen LogP contribution in [0.4, 0.5) is 0 Å². The number of aromatic nitrogens is 1. The molecule has 0 amide bonds. The number of ether oxygens (including phenoxy) is 1. The predicted octanol–water partition coefficient (Wildman–Crippen LogP) is 4.87. The van der Waals surface area contributed by atoms with E-state index in [1.165, 1.54) is 6.20 Å². The van der Waals surface area contributed by atoms with E-state index in [-0.39, 0.29) is 30.0 Å². The number of ketones is 2. The van der Waals surface area contributed by atoms with Crippen molar-refractivity contribution in [3.63, 3.8) is 0 Å². The number of Topliss-reactive ketones (excluding diaryl/α,β-unsaturated/α-hetero) is 1. The second kappa shape index (κ2) is 10.4. The molecule has 2 atom stereocenters. The third-order valence-corrected chi connectivity index (χ3v) is 5.28. The molecule has 0 bridgehead atoms. The van der Waals surface area contributed by atoms with Crippen LogP contribution in [0, 0.1) is 5.92 Å². The number of carbonyl (C=O) groups is 3. The normalized spacial score (nSPS) is 12.6. The molecule has 5 heteroatoms. The Labute approximate surface area is 182 Å². The Hall–Kier alpha value is -3.60. The fourth-order valence-electron chi connectivity index (χ4n) is 3.33. The largest absolute Gasteiger partial charge is 0.462 e. The van der Waals surface area contributed by atoms with Crippen molar-refractivity contribution in [1.29, 1.82) is 0 Å². The molecule has 158 valence electrons. The lowest BCUT2D eigenvalue weighted by atomic mass is 9.87. The summed E-state index contributed by atoms with van der Waals surface area (Å²) in [5.41, 5.74) is 2.35. The van der Waals surface area contributed by atoms with E-state index in [2.05, 4.69) is 4.98 Å². The first-order valence-electron chi connectivity index (χ1n) is 10.3. The predicted molar refractivity (Wildman–Crippen MR) is 118 cm³/mol. The zero-order valence-corrected chi connectivity index (χ0v) is 17.7. The molecule has 2 unspecified atom stereocenters. The molecule has 0 N–H and O–H groups in total. The molecule has 1 aromatic heterocycles. The van der Waals surface area contributed by atoms with Crippen molar-refractivity contribution >= 4 is 17.5 Å². The maximum Gasteiger partial charge on any atom is 0.339 e. The maximum absolute atomic E-state index is 12.9. The minimum absolute atomic E-state index is 0.0433. The van der Waals surface area contributed by atoms with Crippen LogP contribution in [0.3, 0.4) is 0 Å². The minimum Gasteiger partial charge on any atom is -0.462 e. The fourth-order valence-corrected chi connectivity index (χ4v) is 3.33. The van der Waals surface area contributed by atoms with Gasteiger partial charge in [-0.05, 0) is 30.2 Å². The van der Waals surface area contributed by atoms with E-state index in [9.17, 15) is 14.4 Å². The van der Waals surface area contributed by atoms with E-state index in [1.807, 2.05) is 38.1 Å². The van der Waals surface area contributed by atoms with Gasteiger partial charge in [0, 0.05) is 35.4 Å². The van der Waals surface area contributed by atoms with Crippen LogP contribution in [-0.2, 0) is 9.53 Å². The summed E-state index contributed by atoms with van der Waals surface area (Å²) >= 11 is 0. The molecule has 0 aliphatic carbocycles. The molecule has 0 spiro atoms. The van der Waals surface area contributed by atoms with E-state index in [0.717, 1.165) is 5.56 Å². The molecule has 3 aromatic rings. The number of esters is 1. The van der Waals surface area contributed by atoms with Gasteiger partial charge in [-0.3, -0.25) is 14.6 Å². The van der Waals surface area contributed by atoms with Crippen LogP contribution >= 0.6 is 0 Å². The van der Waals surface area contributed by atoms with Gasteiger partial charge in [-0.15, -0.1) is 0 Å². The average Bonchev–Trinajstić information content (AvgIpc) is 2.83. The minimum atomic E-state index is -0.451. The molecule has 0 saturated heterocycles. The lowest BCUT2D eigenvalue weighted by Gasteiger charge is -2.17. The van der Waals surface area contributed by atoms with E-state index < -0.39 is 5.97 Å². The van der Waals surface area contributed by atoms with Crippen molar-refractivity contribution in [2.45, 2.75) is 26.2 Å². The molecule has 0 radical (unpaired) electrons. The molecule has 0 aliphatic heterocycles. The van der Waals surface area contributed by atoms with Crippen molar-refractivity contribution < 1.29 is 19.1 Å². The molecule has 5 nitrogen and oxygen atoms in total. The number of hydrogen-bond acceptors (Lipinski definition) is 5. The summed E-state index contributed by atoms with van der Waals surface area (Å²) in [6, 6.07) is 19.6. The van der Waals surface area contributed by atoms with Crippen LogP contribution in [0.1, 0.15) is 58.0 Å². The van der Waals surface area contributed by atoms with E-state index in [4.69, 9.17) is 4.74 Å². The third kappa shape index (κ3) is 5.72. The third-order valence-electron chi connectivity index (χ3n) is 5.28. The highest BCUT2D eigenvalue weighted by atomic mass is 16.5. The van der Waals surface area contributed by atoms with Gasteiger partial charge in [0.1, 0.15) is 5.78 Å². The van der Waals surface area contributed by atoms with Gasteiger partial charge in [-0.2, -0.15) is 0 Å². The van der Waals surface area contributed by atoms with Gasteiger partial charge in [0.05, 0.1) is 12.2 Å². The van der Waals surface area contributed by atoms with Gasteiger partial charge in [0.25, 0.3) is 0 Å². The number of benzene rings is 2. The van der Waals surface area contributed by atoms with Crippen LogP contribution < -0.4 is 0 Å². The lowest BCUT2D eigenvalue weighted by Crippen LogP contribution is -2.20. The Kier molecular flexibility index (Phi) is 7.44. The Bertz CT molecular complexity index is 1050. The molecular formula is C26H25NO4. The summed E-state index contributed by atoms with van der Waals surface area (Å²) in [5, 5.41) is 0. The highest BCUT2D eigenvalue weighted by molar-refractivity contribution is 6.09. The zero-order chi connectivity index (χ0) is 22.2. The van der Waals surface area contributed by atoms with Gasteiger partial charge in [-0.1, -0.05) is 62.4 Å². The monoisotopic (exact) mass is 415 g/mol. The Morgan fingerprint density at radius 1 is 0.871 bits per heavy atom. The van der Waals surface area contributed by atoms with Crippen LogP contribution in [-0.4, -0.2) is 29.1 Å². The van der Waals surface area contributed by atoms with E-state index in [1.54, 1.807) is 48.7 Å². The molecule has 2 aromatic carbocycles. The first kappa shape index (κ1) is 22.1. The number of pyridine rings is 1. The Balaban J connectivity index is 1.59. The molecule has 0 aliphatic rings. The molecule has 1 heterocycles. The molecule has 31 heavy (non-hydrogen) atoms. The first-order chi connectivity index (χ1) is 15.0. The number of rotatable bonds is 9. The second-order valence-corrected chi connectivity index (χ2v) is 7.51. The highest BCUT2D eigenvalue weighted by Gasteiger charge is 2.23. The fraction of sp³-hybridized carbons (Fsp3) is 0.231. The summed E-state index contributed by atoms with van der Waals surface area (Å²) in [4.78, 5) is 41.5. The summed E-state index contributed by atoms with van der Waals surface area (Å²) in [6.07, 6.45) is 3.46. The van der Waals surface area contributed by atoms with Crippen molar-refractivity contribution in [3.8, 4) is 0 Å². The first-order valence-corrected chi connectivity index (χ1v) is 10.3. The average molecular weight is 415 g/mol. The Morgan fingerprint density at radius 3 is 2.29 bits per heavy atom. The molecule has 0 saturated carbocycles. The van der Waals surface area contributed by atoms with Gasteiger partial charge in [0.2, 0.25) is 0 Å². The van der Waals surface area contributed by atoms with Gasteiger partial charge >= 0.3 is 5.97 Å². The van der Waals surface area contributed by atoms with E-state index in [0.29, 0.717) is 23.1 Å². The highest BCUT2D eigenvalue weighted by Crippen LogP contribution is 2.23. The Morgan fingerprint density at radius 2 is 1.58 bits per heavy atom. The van der Waals surface area contributed by atoms with Crippen LogP contribution in [0.2, 0.25) is 0 Å². The summed E-state index contributed by atoms with van der Waals surface area (Å²) in [6.45, 7) is 3.82. The lowest BCUT2D eigenvalue weighted by molar-refractivity contribution is -0.124. The SMILES string of the molecule is CC(CCOC(=O)c1cccnc1)C(=O)C(C)c1cccc(C(=O)c2ccccc2)c1. The molecular weight excluding hydrogens is 390 g/mol. The number of nitrogens with zero attached hydrogens (tertiary/aromatic N) is 1. The number of hydrogen-bond donors (Lipinski definition) is 0. The van der Waals surface area contributed by atoms with Gasteiger partial charge in [0.15, 0.2) is 5.78 Å². The van der Waals surface area contributed by atoms with Crippen LogP contribution in [0.5, 0.6) is 0 Å². The maximum atomic E-state index is 12.9. The van der Waals surface area contributed by atoms with Crippen molar-refractivity contribution in [2.75, 3.05) is 6.61 Å². The molecule has 0 fully saturated rings. The molecule has 3 rings (SSSR count). The van der Waals surface area contributed by atoms with Crippen LogP contribution in [0.15, 0.2) is 79.1 Å². The topological polar surface area (TPSA) is 73.3 Å². The second-order valence-electron chi connectivity index (χ2n) is 7.51. The summed E-state index contributed by atoms with van der Waals surface area (Å²) < 4.78 is 5.26.